The molecule has 0 N–H and O–H groups in total. The van der Waals surface area contributed by atoms with Crippen molar-refractivity contribution in [2.24, 2.45) is 0 Å². The van der Waals surface area contributed by atoms with Gasteiger partial charge in [0.15, 0.2) is 5.78 Å². The lowest BCUT2D eigenvalue weighted by atomic mass is 9.98. The molecule has 1 nitrogen and oxygen atoms in total. The normalized spacial score (nSPS) is 18.7. The third-order valence-corrected chi connectivity index (χ3v) is 2.98. The lowest BCUT2D eigenvalue weighted by molar-refractivity contribution is -0.113. The predicted octanol–water partition coefficient (Wildman–Crippen LogP) is 3.20. The van der Waals surface area contributed by atoms with Gasteiger partial charge in [0.05, 0.1) is 5.75 Å². The summed E-state index contributed by atoms with van der Waals surface area (Å²) in [4.78, 5) is 11.6. The van der Waals surface area contributed by atoms with Gasteiger partial charge in [-0.15, -0.1) is 0 Å². The lowest BCUT2D eigenvalue weighted by Crippen LogP contribution is -2.06. The van der Waals surface area contributed by atoms with Crippen molar-refractivity contribution in [1.82, 2.24) is 0 Å². The van der Waals surface area contributed by atoms with E-state index < -0.39 is 0 Å². The highest BCUT2D eigenvalue weighted by molar-refractivity contribution is 7.99. The van der Waals surface area contributed by atoms with Crippen LogP contribution < -0.4 is 0 Å². The first kappa shape index (κ1) is 10.8. The molecule has 1 aliphatic carbocycles. The maximum absolute atomic E-state index is 11.6. The van der Waals surface area contributed by atoms with Gasteiger partial charge in [0.1, 0.15) is 0 Å². The molecule has 1 aliphatic rings. The summed E-state index contributed by atoms with van der Waals surface area (Å²) in [5.74, 6) is 1.01. The van der Waals surface area contributed by atoms with Crippen molar-refractivity contribution < 1.29 is 4.79 Å². The molecular weight excluding hydrogens is 180 g/mol. The van der Waals surface area contributed by atoms with Gasteiger partial charge in [0.25, 0.3) is 0 Å². The topological polar surface area (TPSA) is 17.1 Å². The Hall–Kier alpha value is -0.240. The zero-order valence-corrected chi connectivity index (χ0v) is 9.16. The van der Waals surface area contributed by atoms with Gasteiger partial charge in [-0.2, -0.15) is 11.8 Å². The Morgan fingerprint density at radius 2 is 2.15 bits per heavy atom. The fraction of sp³-hybridized carbons (Fsp3) is 0.727. The summed E-state index contributed by atoms with van der Waals surface area (Å²) < 4.78 is 0. The minimum atomic E-state index is 0.356. The molecule has 1 rings (SSSR count). The van der Waals surface area contributed by atoms with Crippen LogP contribution in [-0.4, -0.2) is 17.8 Å². The Labute approximate surface area is 85.0 Å². The van der Waals surface area contributed by atoms with E-state index in [1.165, 1.54) is 25.7 Å². The third kappa shape index (κ3) is 3.99. The second kappa shape index (κ2) is 6.25. The molecule has 74 valence electrons. The van der Waals surface area contributed by atoms with Crippen LogP contribution in [0.15, 0.2) is 11.6 Å². The monoisotopic (exact) mass is 198 g/mol. The standard InChI is InChI=1S/C11H18OS/c1-13-9-11(12)10-7-5-3-2-4-6-8-10/h7H,2-6,8-9H2,1H3. The fourth-order valence-electron chi connectivity index (χ4n) is 1.67. The molecule has 13 heavy (non-hydrogen) atoms. The average Bonchev–Trinajstić information content (AvgIpc) is 2.03. The fourth-order valence-corrected chi connectivity index (χ4v) is 2.12. The van der Waals surface area contributed by atoms with Crippen molar-refractivity contribution >= 4 is 17.5 Å². The Morgan fingerprint density at radius 1 is 1.38 bits per heavy atom. The molecule has 0 saturated carbocycles. The zero-order chi connectivity index (χ0) is 9.52. The number of rotatable bonds is 3. The molecule has 0 aromatic heterocycles. The van der Waals surface area contributed by atoms with Crippen LogP contribution in [0, 0.1) is 0 Å². The minimum Gasteiger partial charge on any atom is -0.294 e. The second-order valence-electron chi connectivity index (χ2n) is 3.54. The Balaban J connectivity index is 2.48. The third-order valence-electron chi connectivity index (χ3n) is 2.42. The lowest BCUT2D eigenvalue weighted by Gasteiger charge is -2.09. The van der Waals surface area contributed by atoms with E-state index in [9.17, 15) is 4.79 Å². The number of carbonyl (C=O) groups is 1. The van der Waals surface area contributed by atoms with E-state index in [0.717, 1.165) is 18.4 Å². The average molecular weight is 198 g/mol. The van der Waals surface area contributed by atoms with Crippen LogP contribution in [0.2, 0.25) is 0 Å². The molecule has 0 atom stereocenters. The summed E-state index contributed by atoms with van der Waals surface area (Å²) >= 11 is 1.63. The van der Waals surface area contributed by atoms with E-state index in [-0.39, 0.29) is 0 Å². The molecule has 2 heteroatoms. The molecule has 0 fully saturated rings. The van der Waals surface area contributed by atoms with E-state index in [1.54, 1.807) is 11.8 Å². The van der Waals surface area contributed by atoms with Crippen molar-refractivity contribution in [3.63, 3.8) is 0 Å². The smallest absolute Gasteiger partial charge is 0.168 e. The molecule has 0 saturated heterocycles. The molecule has 0 bridgehead atoms. The van der Waals surface area contributed by atoms with E-state index in [1.807, 2.05) is 6.26 Å². The van der Waals surface area contributed by atoms with Gasteiger partial charge in [-0.3, -0.25) is 4.79 Å². The molecule has 0 aromatic rings. The number of hydrogen-bond donors (Lipinski definition) is 0. The molecule has 0 spiro atoms. The van der Waals surface area contributed by atoms with Gasteiger partial charge in [0, 0.05) is 0 Å². The van der Waals surface area contributed by atoms with Crippen LogP contribution >= 0.6 is 11.8 Å². The van der Waals surface area contributed by atoms with Gasteiger partial charge in [-0.25, -0.2) is 0 Å². The zero-order valence-electron chi connectivity index (χ0n) is 8.34. The molecule has 0 heterocycles. The maximum Gasteiger partial charge on any atom is 0.168 e. The van der Waals surface area contributed by atoms with Gasteiger partial charge in [-0.05, 0) is 37.5 Å². The van der Waals surface area contributed by atoms with Crippen molar-refractivity contribution in [3.05, 3.63) is 11.6 Å². The largest absolute Gasteiger partial charge is 0.294 e. The number of hydrogen-bond acceptors (Lipinski definition) is 2. The Morgan fingerprint density at radius 3 is 2.92 bits per heavy atom. The van der Waals surface area contributed by atoms with Gasteiger partial charge >= 0.3 is 0 Å². The van der Waals surface area contributed by atoms with Crippen LogP contribution in [-0.2, 0) is 4.79 Å². The number of ketones is 1. The van der Waals surface area contributed by atoms with Crippen LogP contribution in [0.25, 0.3) is 0 Å². The number of thioether (sulfide) groups is 1. The summed E-state index contributed by atoms with van der Waals surface area (Å²) in [6, 6.07) is 0. The second-order valence-corrected chi connectivity index (χ2v) is 4.40. The first-order valence-corrected chi connectivity index (χ1v) is 6.45. The van der Waals surface area contributed by atoms with Crippen LogP contribution in [0.4, 0.5) is 0 Å². The van der Waals surface area contributed by atoms with Gasteiger partial charge in [-0.1, -0.05) is 18.9 Å². The highest BCUT2D eigenvalue weighted by Gasteiger charge is 2.09. The number of Topliss-reactive ketones (excluding diaryl/α,β-unsaturated/α-hetero) is 1. The Kier molecular flexibility index (Phi) is 5.21. The highest BCUT2D eigenvalue weighted by atomic mass is 32.2. The van der Waals surface area contributed by atoms with Crippen molar-refractivity contribution in [3.8, 4) is 0 Å². The maximum atomic E-state index is 11.6. The SMILES string of the molecule is CSCC(=O)C1=CCCCCCC1. The summed E-state index contributed by atoms with van der Waals surface area (Å²) in [6.45, 7) is 0. The van der Waals surface area contributed by atoms with Gasteiger partial charge in [0.2, 0.25) is 0 Å². The number of carbonyl (C=O) groups excluding carboxylic acids is 1. The summed E-state index contributed by atoms with van der Waals surface area (Å²) in [5, 5.41) is 0. The van der Waals surface area contributed by atoms with E-state index in [4.69, 9.17) is 0 Å². The number of allylic oxidation sites excluding steroid dienone is 2. The summed E-state index contributed by atoms with van der Waals surface area (Å²) in [6.07, 6.45) is 11.4. The van der Waals surface area contributed by atoms with Crippen molar-refractivity contribution in [1.29, 1.82) is 0 Å². The quantitative estimate of drug-likeness (QED) is 0.692. The molecule has 0 unspecified atom stereocenters. The molecular formula is C11H18OS. The van der Waals surface area contributed by atoms with E-state index in [2.05, 4.69) is 6.08 Å². The highest BCUT2D eigenvalue weighted by Crippen LogP contribution is 2.18. The van der Waals surface area contributed by atoms with Crippen LogP contribution in [0.1, 0.15) is 38.5 Å². The van der Waals surface area contributed by atoms with Gasteiger partial charge < -0.3 is 0 Å². The molecule has 0 amide bonds. The predicted molar refractivity (Wildman–Crippen MR) is 59.2 cm³/mol. The van der Waals surface area contributed by atoms with E-state index >= 15 is 0 Å². The summed E-state index contributed by atoms with van der Waals surface area (Å²) in [5.41, 5.74) is 1.09. The Bertz CT molecular complexity index is 196. The van der Waals surface area contributed by atoms with Crippen molar-refractivity contribution in [2.45, 2.75) is 38.5 Å². The first-order valence-electron chi connectivity index (χ1n) is 5.06. The van der Waals surface area contributed by atoms with Crippen LogP contribution in [0.5, 0.6) is 0 Å². The van der Waals surface area contributed by atoms with E-state index in [0.29, 0.717) is 11.5 Å². The molecule has 0 aliphatic heterocycles. The van der Waals surface area contributed by atoms with Crippen molar-refractivity contribution in [2.75, 3.05) is 12.0 Å². The molecule has 0 aromatic carbocycles. The first-order chi connectivity index (χ1) is 6.34. The summed E-state index contributed by atoms with van der Waals surface area (Å²) in [7, 11) is 0. The molecule has 0 radical (unpaired) electrons. The minimum absolute atomic E-state index is 0.356. The van der Waals surface area contributed by atoms with Crippen LogP contribution in [0.3, 0.4) is 0 Å².